The van der Waals surface area contributed by atoms with Crippen LogP contribution in [0.15, 0.2) is 64.6 Å². The lowest BCUT2D eigenvalue weighted by molar-refractivity contribution is 0.410. The Morgan fingerprint density at radius 2 is 1.74 bits per heavy atom. The summed E-state index contributed by atoms with van der Waals surface area (Å²) in [6.07, 6.45) is 1.55. The second-order valence-corrected chi connectivity index (χ2v) is 7.53. The lowest BCUT2D eigenvalue weighted by atomic mass is 10.1. The van der Waals surface area contributed by atoms with E-state index in [1.807, 2.05) is 30.3 Å². The number of hydrazone groups is 1. The van der Waals surface area contributed by atoms with E-state index in [-0.39, 0.29) is 4.90 Å². The van der Waals surface area contributed by atoms with Crippen molar-refractivity contribution in [3.63, 3.8) is 0 Å². The van der Waals surface area contributed by atoms with Crippen LogP contribution in [0.1, 0.15) is 24.0 Å². The van der Waals surface area contributed by atoms with E-state index >= 15 is 0 Å². The summed E-state index contributed by atoms with van der Waals surface area (Å²) in [5, 5.41) is 4.39. The fraction of sp³-hybridized carbons (Fsp3) is 0.235. The molecule has 2 aromatic rings. The highest BCUT2D eigenvalue weighted by Gasteiger charge is 2.26. The highest BCUT2D eigenvalue weighted by Crippen LogP contribution is 2.22. The number of rotatable bonds is 4. The lowest BCUT2D eigenvalue weighted by Gasteiger charge is -2.25. The quantitative estimate of drug-likeness (QED) is 0.864. The van der Waals surface area contributed by atoms with E-state index in [1.54, 1.807) is 24.3 Å². The first kappa shape index (κ1) is 16.1. The van der Waals surface area contributed by atoms with Crippen LogP contribution in [-0.4, -0.2) is 25.1 Å². The zero-order chi connectivity index (χ0) is 16.3. The van der Waals surface area contributed by atoms with E-state index in [9.17, 15) is 8.42 Å². The summed E-state index contributed by atoms with van der Waals surface area (Å²) < 4.78 is 26.7. The summed E-state index contributed by atoms with van der Waals surface area (Å²) in [5.74, 6) is 0.584. The smallest absolute Gasteiger partial charge is 0.200 e. The van der Waals surface area contributed by atoms with Gasteiger partial charge in [0.15, 0.2) is 0 Å². The zero-order valence-corrected chi connectivity index (χ0v) is 14.3. The van der Waals surface area contributed by atoms with Crippen LogP contribution in [-0.2, 0) is 15.8 Å². The minimum atomic E-state index is -3.61. The molecule has 2 aromatic carbocycles. The molecule has 0 N–H and O–H groups in total. The second kappa shape index (κ2) is 6.76. The van der Waals surface area contributed by atoms with Gasteiger partial charge in [0.2, 0.25) is 0 Å². The largest absolute Gasteiger partial charge is 0.279 e. The van der Waals surface area contributed by atoms with Gasteiger partial charge in [-0.15, -0.1) is 0 Å². The standard InChI is InChI=1S/C17H18N2O2S2/c20-23(21,16-10-8-14(13-22)9-11-16)19-12-4-7-17(18-19)15-5-2-1-3-6-15/h1-3,5-6,8-11,22H,4,7,12-13H2. The highest BCUT2D eigenvalue weighted by atomic mass is 32.2. The predicted molar refractivity (Wildman–Crippen MR) is 95.2 cm³/mol. The van der Waals surface area contributed by atoms with Crippen molar-refractivity contribution in [3.8, 4) is 0 Å². The minimum Gasteiger partial charge on any atom is -0.200 e. The Hall–Kier alpha value is -1.79. The monoisotopic (exact) mass is 346 g/mol. The van der Waals surface area contributed by atoms with Crippen LogP contribution >= 0.6 is 12.6 Å². The summed E-state index contributed by atoms with van der Waals surface area (Å²) in [4.78, 5) is 0.265. The molecule has 4 nitrogen and oxygen atoms in total. The molecule has 0 saturated heterocycles. The molecule has 0 spiro atoms. The predicted octanol–water partition coefficient (Wildman–Crippen LogP) is 3.31. The third-order valence-electron chi connectivity index (χ3n) is 3.78. The average Bonchev–Trinajstić information content (AvgIpc) is 2.62. The van der Waals surface area contributed by atoms with E-state index in [2.05, 4.69) is 17.7 Å². The molecule has 0 aliphatic carbocycles. The maximum absolute atomic E-state index is 12.8. The zero-order valence-electron chi connectivity index (χ0n) is 12.6. The molecule has 0 atom stereocenters. The first-order chi connectivity index (χ1) is 11.1. The molecule has 1 heterocycles. The molecule has 23 heavy (non-hydrogen) atoms. The number of benzene rings is 2. The van der Waals surface area contributed by atoms with Crippen LogP contribution in [0.4, 0.5) is 0 Å². The van der Waals surface area contributed by atoms with Crippen molar-refractivity contribution in [1.82, 2.24) is 4.41 Å². The molecule has 0 bridgehead atoms. The molecule has 3 rings (SSSR count). The van der Waals surface area contributed by atoms with Crippen LogP contribution < -0.4 is 0 Å². The first-order valence-electron chi connectivity index (χ1n) is 7.47. The van der Waals surface area contributed by atoms with E-state index in [1.165, 1.54) is 4.41 Å². The minimum absolute atomic E-state index is 0.265. The molecular weight excluding hydrogens is 328 g/mol. The molecule has 1 aliphatic rings. The van der Waals surface area contributed by atoms with Gasteiger partial charge in [-0.05, 0) is 36.1 Å². The van der Waals surface area contributed by atoms with E-state index < -0.39 is 10.0 Å². The topological polar surface area (TPSA) is 49.7 Å². The van der Waals surface area contributed by atoms with E-state index in [0.717, 1.165) is 29.7 Å². The Kier molecular flexibility index (Phi) is 4.73. The van der Waals surface area contributed by atoms with Crippen LogP contribution in [0.25, 0.3) is 0 Å². The molecule has 0 amide bonds. The highest BCUT2D eigenvalue weighted by molar-refractivity contribution is 7.89. The van der Waals surface area contributed by atoms with Crippen molar-refractivity contribution in [2.75, 3.05) is 6.54 Å². The third-order valence-corrected chi connectivity index (χ3v) is 5.84. The molecule has 0 aromatic heterocycles. The van der Waals surface area contributed by atoms with E-state index in [0.29, 0.717) is 12.3 Å². The van der Waals surface area contributed by atoms with Crippen molar-refractivity contribution < 1.29 is 8.42 Å². The van der Waals surface area contributed by atoms with Crippen molar-refractivity contribution in [2.24, 2.45) is 5.10 Å². The van der Waals surface area contributed by atoms with Gasteiger partial charge in [0.05, 0.1) is 17.2 Å². The van der Waals surface area contributed by atoms with Crippen molar-refractivity contribution >= 4 is 28.4 Å². The molecule has 0 radical (unpaired) electrons. The summed E-state index contributed by atoms with van der Waals surface area (Å²) in [7, 11) is -3.61. The van der Waals surface area contributed by atoms with E-state index in [4.69, 9.17) is 0 Å². The molecule has 6 heteroatoms. The summed E-state index contributed by atoms with van der Waals surface area (Å²) in [6.45, 7) is 0.410. The van der Waals surface area contributed by atoms with Crippen LogP contribution in [0.2, 0.25) is 0 Å². The summed E-state index contributed by atoms with van der Waals surface area (Å²) >= 11 is 4.19. The van der Waals surface area contributed by atoms with Crippen molar-refractivity contribution in [2.45, 2.75) is 23.5 Å². The summed E-state index contributed by atoms with van der Waals surface area (Å²) in [6, 6.07) is 16.5. The van der Waals surface area contributed by atoms with Gasteiger partial charge in [-0.2, -0.15) is 30.6 Å². The summed E-state index contributed by atoms with van der Waals surface area (Å²) in [5.41, 5.74) is 2.77. The molecular formula is C17H18N2O2S2. The van der Waals surface area contributed by atoms with Gasteiger partial charge in [0.25, 0.3) is 10.0 Å². The Morgan fingerprint density at radius 3 is 2.39 bits per heavy atom. The van der Waals surface area contributed by atoms with Gasteiger partial charge in [-0.1, -0.05) is 42.5 Å². The number of thiol groups is 1. The van der Waals surface area contributed by atoms with Crippen LogP contribution in [0.3, 0.4) is 0 Å². The van der Waals surface area contributed by atoms with Gasteiger partial charge in [0.1, 0.15) is 0 Å². The van der Waals surface area contributed by atoms with Crippen LogP contribution in [0, 0.1) is 0 Å². The van der Waals surface area contributed by atoms with Gasteiger partial charge in [-0.3, -0.25) is 0 Å². The molecule has 0 saturated carbocycles. The van der Waals surface area contributed by atoms with Crippen molar-refractivity contribution in [1.29, 1.82) is 0 Å². The number of hydrogen-bond donors (Lipinski definition) is 1. The Balaban J connectivity index is 1.92. The SMILES string of the molecule is O=S(=O)(c1ccc(CS)cc1)N1CCCC(c2ccccc2)=N1. The van der Waals surface area contributed by atoms with Gasteiger partial charge in [0, 0.05) is 5.75 Å². The fourth-order valence-corrected chi connectivity index (χ4v) is 4.02. The Morgan fingerprint density at radius 1 is 1.04 bits per heavy atom. The fourth-order valence-electron chi connectivity index (χ4n) is 2.51. The number of sulfonamides is 1. The molecule has 1 aliphatic heterocycles. The molecule has 0 unspecified atom stereocenters. The first-order valence-corrected chi connectivity index (χ1v) is 9.54. The number of nitrogens with zero attached hydrogens (tertiary/aromatic N) is 2. The molecule has 0 fully saturated rings. The van der Waals surface area contributed by atoms with Crippen LogP contribution in [0.5, 0.6) is 0 Å². The number of hydrogen-bond acceptors (Lipinski definition) is 4. The third kappa shape index (κ3) is 3.43. The normalized spacial score (nSPS) is 15.3. The average molecular weight is 346 g/mol. The lowest BCUT2D eigenvalue weighted by Crippen LogP contribution is -2.32. The Bertz CT molecular complexity index is 800. The Labute approximate surface area is 142 Å². The maximum Gasteiger partial charge on any atom is 0.279 e. The second-order valence-electron chi connectivity index (χ2n) is 5.37. The maximum atomic E-state index is 12.8. The van der Waals surface area contributed by atoms with Crippen molar-refractivity contribution in [3.05, 3.63) is 65.7 Å². The van der Waals surface area contributed by atoms with Gasteiger partial charge in [-0.25, -0.2) is 0 Å². The van der Waals surface area contributed by atoms with Gasteiger partial charge >= 0.3 is 0 Å². The van der Waals surface area contributed by atoms with Gasteiger partial charge < -0.3 is 0 Å². The molecule has 120 valence electrons.